The Morgan fingerprint density at radius 2 is 1.11 bits per heavy atom. The summed E-state index contributed by atoms with van der Waals surface area (Å²) in [5.41, 5.74) is 0. The first-order chi connectivity index (χ1) is 4.13. The molecule has 0 spiro atoms. The van der Waals surface area contributed by atoms with Crippen LogP contribution in [0.5, 0.6) is 0 Å². The molecular formula is C7H18Si2. The Balaban J connectivity index is 2.91. The van der Waals surface area contributed by atoms with Gasteiger partial charge in [0.15, 0.2) is 0 Å². The Bertz CT molecular complexity index is 51.9. The highest BCUT2D eigenvalue weighted by Gasteiger charge is 1.98. The summed E-state index contributed by atoms with van der Waals surface area (Å²) in [5, 5.41) is 0. The number of rotatable bonds is 4. The summed E-state index contributed by atoms with van der Waals surface area (Å²) in [6, 6.07) is 3.06. The quantitative estimate of drug-likeness (QED) is 0.552. The molecule has 0 aromatic heterocycles. The predicted octanol–water partition coefficient (Wildman–Crippen LogP) is 2.89. The van der Waals surface area contributed by atoms with Crippen molar-refractivity contribution in [2.24, 2.45) is 0 Å². The fourth-order valence-electron chi connectivity index (χ4n) is 0.795. The molecule has 0 atom stereocenters. The van der Waals surface area contributed by atoms with Crippen LogP contribution in [0.15, 0.2) is 0 Å². The Morgan fingerprint density at radius 3 is 1.33 bits per heavy atom. The van der Waals surface area contributed by atoms with Crippen LogP contribution in [-0.4, -0.2) is 17.6 Å². The Hall–Kier alpha value is 0.434. The molecule has 0 heterocycles. The fourth-order valence-corrected chi connectivity index (χ4v) is 2.92. The molecule has 0 nitrogen and oxygen atoms in total. The minimum absolute atomic E-state index is 0.0860. The van der Waals surface area contributed by atoms with Crippen molar-refractivity contribution in [2.75, 3.05) is 0 Å². The fraction of sp³-hybridized carbons (Fsp3) is 1.00. The van der Waals surface area contributed by atoms with Crippen LogP contribution in [0.2, 0.25) is 38.3 Å². The highest BCUT2D eigenvalue weighted by molar-refractivity contribution is 6.57. The summed E-state index contributed by atoms with van der Waals surface area (Å²) in [6.45, 7) is 9.62. The van der Waals surface area contributed by atoms with Gasteiger partial charge in [-0.2, -0.15) is 0 Å². The SMILES string of the molecule is C[Si](C)CCC[Si](C)C. The predicted molar refractivity (Wildman–Crippen MR) is 49.2 cm³/mol. The first-order valence-corrected chi connectivity index (χ1v) is 9.12. The van der Waals surface area contributed by atoms with Gasteiger partial charge >= 0.3 is 0 Å². The molecule has 0 aliphatic heterocycles. The van der Waals surface area contributed by atoms with E-state index < -0.39 is 0 Å². The van der Waals surface area contributed by atoms with Crippen molar-refractivity contribution >= 4 is 17.6 Å². The summed E-state index contributed by atoms with van der Waals surface area (Å²) in [4.78, 5) is 0. The lowest BCUT2D eigenvalue weighted by molar-refractivity contribution is 1.04. The molecule has 0 N–H and O–H groups in total. The summed E-state index contributed by atoms with van der Waals surface area (Å²) >= 11 is 0. The first kappa shape index (κ1) is 9.43. The molecule has 0 unspecified atom stereocenters. The van der Waals surface area contributed by atoms with Gasteiger partial charge in [-0.05, 0) is 0 Å². The van der Waals surface area contributed by atoms with Crippen molar-refractivity contribution in [1.29, 1.82) is 0 Å². The molecule has 0 aliphatic rings. The largest absolute Gasteiger partial charge is 0.0713 e. The van der Waals surface area contributed by atoms with Crippen molar-refractivity contribution in [3.8, 4) is 0 Å². The maximum Gasteiger partial charge on any atom is 0.0412 e. The number of hydrogen-bond acceptors (Lipinski definition) is 0. The van der Waals surface area contributed by atoms with Crippen molar-refractivity contribution in [3.63, 3.8) is 0 Å². The van der Waals surface area contributed by atoms with Crippen molar-refractivity contribution in [2.45, 2.75) is 44.7 Å². The Morgan fingerprint density at radius 1 is 0.778 bits per heavy atom. The van der Waals surface area contributed by atoms with Crippen LogP contribution < -0.4 is 0 Å². The maximum atomic E-state index is 2.41. The third-order valence-electron chi connectivity index (χ3n) is 1.35. The molecule has 9 heavy (non-hydrogen) atoms. The zero-order chi connectivity index (χ0) is 7.28. The molecule has 2 radical (unpaired) electrons. The molecule has 54 valence electrons. The van der Waals surface area contributed by atoms with Crippen LogP contribution in [0.4, 0.5) is 0 Å². The molecule has 0 aromatic carbocycles. The van der Waals surface area contributed by atoms with Crippen LogP contribution in [0.1, 0.15) is 6.42 Å². The van der Waals surface area contributed by atoms with E-state index in [-0.39, 0.29) is 17.6 Å². The van der Waals surface area contributed by atoms with Crippen LogP contribution in [0, 0.1) is 0 Å². The van der Waals surface area contributed by atoms with E-state index in [1.807, 2.05) is 0 Å². The van der Waals surface area contributed by atoms with Gasteiger partial charge < -0.3 is 0 Å². The summed E-state index contributed by atoms with van der Waals surface area (Å²) in [7, 11) is 0.172. The zero-order valence-corrected chi connectivity index (χ0v) is 9.12. The van der Waals surface area contributed by atoms with E-state index in [1.165, 1.54) is 18.5 Å². The lowest BCUT2D eigenvalue weighted by atomic mass is 10.6. The van der Waals surface area contributed by atoms with Gasteiger partial charge in [0, 0.05) is 17.6 Å². The molecule has 0 amide bonds. The van der Waals surface area contributed by atoms with Gasteiger partial charge in [0.25, 0.3) is 0 Å². The van der Waals surface area contributed by atoms with Crippen molar-refractivity contribution < 1.29 is 0 Å². The average Bonchev–Trinajstić information content (AvgIpc) is 1.63. The van der Waals surface area contributed by atoms with E-state index in [2.05, 4.69) is 26.2 Å². The van der Waals surface area contributed by atoms with Crippen molar-refractivity contribution in [3.05, 3.63) is 0 Å². The lowest BCUT2D eigenvalue weighted by Crippen LogP contribution is -2.03. The van der Waals surface area contributed by atoms with Crippen LogP contribution in [0.25, 0.3) is 0 Å². The van der Waals surface area contributed by atoms with Crippen LogP contribution >= 0.6 is 0 Å². The highest BCUT2D eigenvalue weighted by Crippen LogP contribution is 2.04. The average molecular weight is 158 g/mol. The van der Waals surface area contributed by atoms with Crippen LogP contribution in [0.3, 0.4) is 0 Å². The van der Waals surface area contributed by atoms with Crippen LogP contribution in [-0.2, 0) is 0 Å². The van der Waals surface area contributed by atoms with Gasteiger partial charge in [-0.25, -0.2) is 0 Å². The monoisotopic (exact) mass is 158 g/mol. The Labute approximate surface area is 62.9 Å². The molecule has 0 saturated carbocycles. The first-order valence-electron chi connectivity index (χ1n) is 3.71. The summed E-state index contributed by atoms with van der Waals surface area (Å²) < 4.78 is 0. The maximum absolute atomic E-state index is 2.41. The van der Waals surface area contributed by atoms with Gasteiger partial charge in [-0.1, -0.05) is 44.7 Å². The van der Waals surface area contributed by atoms with E-state index in [0.29, 0.717) is 0 Å². The third-order valence-corrected chi connectivity index (χ3v) is 4.06. The van der Waals surface area contributed by atoms with E-state index in [9.17, 15) is 0 Å². The lowest BCUT2D eigenvalue weighted by Gasteiger charge is -2.03. The summed E-state index contributed by atoms with van der Waals surface area (Å²) in [5.74, 6) is 0. The van der Waals surface area contributed by atoms with Gasteiger partial charge in [-0.3, -0.25) is 0 Å². The topological polar surface area (TPSA) is 0 Å². The van der Waals surface area contributed by atoms with Gasteiger partial charge in [-0.15, -0.1) is 0 Å². The van der Waals surface area contributed by atoms with E-state index in [0.717, 1.165) is 0 Å². The number of hydrogen-bond donors (Lipinski definition) is 0. The second kappa shape index (κ2) is 5.24. The molecule has 2 heteroatoms. The standard InChI is InChI=1S/C7H18Si2/c1-8(2)6-5-7-9(3)4/h5-7H2,1-4H3. The second-order valence-electron chi connectivity index (χ2n) is 3.27. The van der Waals surface area contributed by atoms with E-state index in [4.69, 9.17) is 0 Å². The smallest absolute Gasteiger partial charge is 0.0412 e. The van der Waals surface area contributed by atoms with E-state index >= 15 is 0 Å². The minimum Gasteiger partial charge on any atom is -0.0713 e. The second-order valence-corrected chi connectivity index (χ2v) is 9.10. The molecular weight excluding hydrogens is 140 g/mol. The van der Waals surface area contributed by atoms with Gasteiger partial charge in [0.05, 0.1) is 0 Å². The molecule has 0 saturated heterocycles. The van der Waals surface area contributed by atoms with E-state index in [1.54, 1.807) is 0 Å². The van der Waals surface area contributed by atoms with Gasteiger partial charge in [0.2, 0.25) is 0 Å². The van der Waals surface area contributed by atoms with Gasteiger partial charge in [0.1, 0.15) is 0 Å². The molecule has 0 aliphatic carbocycles. The molecule has 0 bridgehead atoms. The molecule has 0 rings (SSSR count). The van der Waals surface area contributed by atoms with Crippen molar-refractivity contribution in [1.82, 2.24) is 0 Å². The third kappa shape index (κ3) is 8.43. The highest BCUT2D eigenvalue weighted by atomic mass is 28.3. The summed E-state index contributed by atoms with van der Waals surface area (Å²) in [6.07, 6.45) is 1.50. The minimum atomic E-state index is 0.0860. The molecule has 0 aromatic rings. The zero-order valence-electron chi connectivity index (χ0n) is 7.12. The normalized spacial score (nSPS) is 11.3. The Kier molecular flexibility index (Phi) is 5.49. The molecule has 0 fully saturated rings.